The molecule has 1 atom stereocenters. The summed E-state index contributed by atoms with van der Waals surface area (Å²) in [6.07, 6.45) is 0. The van der Waals surface area contributed by atoms with Gasteiger partial charge in [0.1, 0.15) is 0 Å². The average Bonchev–Trinajstić information content (AvgIpc) is 2.36. The van der Waals surface area contributed by atoms with E-state index in [1.54, 1.807) is 12.1 Å². The zero-order chi connectivity index (χ0) is 12.7. The zero-order valence-corrected chi connectivity index (χ0v) is 10.4. The van der Waals surface area contributed by atoms with Gasteiger partial charge in [-0.3, -0.25) is 4.79 Å². The standard InChI is InChI=1S/C13H20N2O2/c1-3-17-9-10(2)15-13(16)12-6-4-11(8-14)5-7-12/h4-7,10H,3,8-9,14H2,1-2H3,(H,15,16). The van der Waals surface area contributed by atoms with Crippen molar-refractivity contribution in [2.45, 2.75) is 26.4 Å². The largest absolute Gasteiger partial charge is 0.380 e. The van der Waals surface area contributed by atoms with Gasteiger partial charge in [0.15, 0.2) is 0 Å². The average molecular weight is 236 g/mol. The van der Waals surface area contributed by atoms with E-state index < -0.39 is 0 Å². The minimum absolute atomic E-state index is 0.0108. The van der Waals surface area contributed by atoms with E-state index >= 15 is 0 Å². The molecule has 3 N–H and O–H groups in total. The van der Waals surface area contributed by atoms with Crippen LogP contribution in [0.1, 0.15) is 29.8 Å². The fourth-order valence-corrected chi connectivity index (χ4v) is 1.44. The molecule has 0 saturated carbocycles. The highest BCUT2D eigenvalue weighted by Crippen LogP contribution is 2.04. The van der Waals surface area contributed by atoms with E-state index in [0.29, 0.717) is 25.3 Å². The maximum Gasteiger partial charge on any atom is 0.251 e. The topological polar surface area (TPSA) is 64.3 Å². The predicted molar refractivity (Wildman–Crippen MR) is 67.8 cm³/mol. The summed E-state index contributed by atoms with van der Waals surface area (Å²) in [5.74, 6) is -0.0826. The lowest BCUT2D eigenvalue weighted by atomic mass is 10.1. The number of benzene rings is 1. The molecule has 17 heavy (non-hydrogen) atoms. The summed E-state index contributed by atoms with van der Waals surface area (Å²) in [7, 11) is 0. The number of carbonyl (C=O) groups is 1. The van der Waals surface area contributed by atoms with Crippen molar-refractivity contribution in [3.63, 3.8) is 0 Å². The van der Waals surface area contributed by atoms with E-state index in [1.165, 1.54) is 0 Å². The van der Waals surface area contributed by atoms with Crippen LogP contribution in [0.5, 0.6) is 0 Å². The minimum Gasteiger partial charge on any atom is -0.380 e. The molecule has 1 rings (SSSR count). The highest BCUT2D eigenvalue weighted by molar-refractivity contribution is 5.94. The third-order valence-electron chi connectivity index (χ3n) is 2.40. The second-order valence-corrected chi connectivity index (χ2v) is 3.94. The SMILES string of the molecule is CCOCC(C)NC(=O)c1ccc(CN)cc1. The van der Waals surface area contributed by atoms with Gasteiger partial charge in [-0.1, -0.05) is 12.1 Å². The van der Waals surface area contributed by atoms with E-state index in [2.05, 4.69) is 5.32 Å². The number of nitrogens with two attached hydrogens (primary N) is 1. The van der Waals surface area contributed by atoms with Crippen LogP contribution >= 0.6 is 0 Å². The van der Waals surface area contributed by atoms with Gasteiger partial charge in [0.05, 0.1) is 6.61 Å². The van der Waals surface area contributed by atoms with Crippen LogP contribution in [-0.4, -0.2) is 25.2 Å². The van der Waals surface area contributed by atoms with Crippen LogP contribution in [0.15, 0.2) is 24.3 Å². The summed E-state index contributed by atoms with van der Waals surface area (Å²) < 4.78 is 5.24. The lowest BCUT2D eigenvalue weighted by Gasteiger charge is -2.13. The molecule has 0 radical (unpaired) electrons. The Hall–Kier alpha value is -1.39. The number of hydrogen-bond acceptors (Lipinski definition) is 3. The Bertz CT molecular complexity index is 349. The maximum absolute atomic E-state index is 11.8. The van der Waals surface area contributed by atoms with Gasteiger partial charge in [-0.05, 0) is 31.5 Å². The van der Waals surface area contributed by atoms with Crippen molar-refractivity contribution in [3.8, 4) is 0 Å². The smallest absolute Gasteiger partial charge is 0.251 e. The third-order valence-corrected chi connectivity index (χ3v) is 2.40. The fourth-order valence-electron chi connectivity index (χ4n) is 1.44. The van der Waals surface area contributed by atoms with Crippen molar-refractivity contribution in [1.29, 1.82) is 0 Å². The highest BCUT2D eigenvalue weighted by atomic mass is 16.5. The molecule has 0 bridgehead atoms. The lowest BCUT2D eigenvalue weighted by Crippen LogP contribution is -2.35. The quantitative estimate of drug-likeness (QED) is 0.782. The number of rotatable bonds is 6. The number of hydrogen-bond donors (Lipinski definition) is 2. The van der Waals surface area contributed by atoms with Crippen LogP contribution in [0.3, 0.4) is 0 Å². The molecule has 1 aromatic rings. The third kappa shape index (κ3) is 4.54. The molecule has 1 aromatic carbocycles. The second kappa shape index (κ2) is 7.04. The van der Waals surface area contributed by atoms with Crippen LogP contribution in [0, 0.1) is 0 Å². The number of amides is 1. The highest BCUT2D eigenvalue weighted by Gasteiger charge is 2.09. The van der Waals surface area contributed by atoms with Gasteiger partial charge in [0, 0.05) is 24.8 Å². The lowest BCUT2D eigenvalue weighted by molar-refractivity contribution is 0.0872. The molecule has 0 aromatic heterocycles. The Kier molecular flexibility index (Phi) is 5.66. The molecular weight excluding hydrogens is 216 g/mol. The summed E-state index contributed by atoms with van der Waals surface area (Å²) in [6, 6.07) is 7.30. The van der Waals surface area contributed by atoms with Crippen molar-refractivity contribution in [1.82, 2.24) is 5.32 Å². The van der Waals surface area contributed by atoms with Crippen LogP contribution in [0.2, 0.25) is 0 Å². The molecule has 0 aliphatic carbocycles. The fraction of sp³-hybridized carbons (Fsp3) is 0.462. The first kappa shape index (κ1) is 13.7. The van der Waals surface area contributed by atoms with Gasteiger partial charge in [-0.15, -0.1) is 0 Å². The maximum atomic E-state index is 11.8. The van der Waals surface area contributed by atoms with Crippen LogP contribution in [0.4, 0.5) is 0 Å². The molecule has 0 saturated heterocycles. The van der Waals surface area contributed by atoms with Gasteiger partial charge in [0.25, 0.3) is 5.91 Å². The van der Waals surface area contributed by atoms with Crippen molar-refractivity contribution in [2.24, 2.45) is 5.73 Å². The molecule has 0 aliphatic rings. The first-order chi connectivity index (χ1) is 8.17. The van der Waals surface area contributed by atoms with Gasteiger partial charge >= 0.3 is 0 Å². The van der Waals surface area contributed by atoms with E-state index in [9.17, 15) is 4.79 Å². The molecule has 4 heteroatoms. The first-order valence-electron chi connectivity index (χ1n) is 5.85. The zero-order valence-electron chi connectivity index (χ0n) is 10.4. The molecule has 0 aliphatic heterocycles. The van der Waals surface area contributed by atoms with Crippen LogP contribution in [0.25, 0.3) is 0 Å². The van der Waals surface area contributed by atoms with Crippen LogP contribution in [-0.2, 0) is 11.3 Å². The predicted octanol–water partition coefficient (Wildman–Crippen LogP) is 1.30. The van der Waals surface area contributed by atoms with Crippen molar-refractivity contribution in [2.75, 3.05) is 13.2 Å². The van der Waals surface area contributed by atoms with E-state index in [1.807, 2.05) is 26.0 Å². The molecule has 1 amide bonds. The molecule has 4 nitrogen and oxygen atoms in total. The Morgan fingerprint density at radius 3 is 2.59 bits per heavy atom. The number of carbonyl (C=O) groups excluding carboxylic acids is 1. The summed E-state index contributed by atoms with van der Waals surface area (Å²) in [5, 5.41) is 2.87. The van der Waals surface area contributed by atoms with Crippen molar-refractivity contribution < 1.29 is 9.53 Å². The summed E-state index contributed by atoms with van der Waals surface area (Å²) in [6.45, 7) is 5.53. The molecule has 0 fully saturated rings. The Labute approximate surface area is 102 Å². The monoisotopic (exact) mass is 236 g/mol. The Balaban J connectivity index is 2.51. The van der Waals surface area contributed by atoms with Gasteiger partial charge in [-0.25, -0.2) is 0 Å². The molecule has 94 valence electrons. The van der Waals surface area contributed by atoms with Crippen molar-refractivity contribution in [3.05, 3.63) is 35.4 Å². The van der Waals surface area contributed by atoms with Crippen LogP contribution < -0.4 is 11.1 Å². The van der Waals surface area contributed by atoms with E-state index in [4.69, 9.17) is 10.5 Å². The van der Waals surface area contributed by atoms with Gasteiger partial charge in [0.2, 0.25) is 0 Å². The summed E-state index contributed by atoms with van der Waals surface area (Å²) in [5.41, 5.74) is 7.16. The van der Waals surface area contributed by atoms with E-state index in [0.717, 1.165) is 5.56 Å². The first-order valence-corrected chi connectivity index (χ1v) is 5.85. The minimum atomic E-state index is -0.0826. The Morgan fingerprint density at radius 2 is 2.06 bits per heavy atom. The summed E-state index contributed by atoms with van der Waals surface area (Å²) in [4.78, 5) is 11.8. The Morgan fingerprint density at radius 1 is 1.41 bits per heavy atom. The summed E-state index contributed by atoms with van der Waals surface area (Å²) >= 11 is 0. The molecule has 0 spiro atoms. The second-order valence-electron chi connectivity index (χ2n) is 3.94. The molecule has 0 heterocycles. The molecule has 1 unspecified atom stereocenters. The van der Waals surface area contributed by atoms with Crippen molar-refractivity contribution >= 4 is 5.91 Å². The number of ether oxygens (including phenoxy) is 1. The normalized spacial score (nSPS) is 12.2. The van der Waals surface area contributed by atoms with Gasteiger partial charge < -0.3 is 15.8 Å². The number of nitrogens with one attached hydrogen (secondary N) is 1. The molecular formula is C13H20N2O2. The van der Waals surface area contributed by atoms with E-state index in [-0.39, 0.29) is 11.9 Å². The van der Waals surface area contributed by atoms with Gasteiger partial charge in [-0.2, -0.15) is 0 Å².